The first-order valence-corrected chi connectivity index (χ1v) is 8.04. The Morgan fingerprint density at radius 2 is 2.04 bits per heavy atom. The van der Waals surface area contributed by atoms with Gasteiger partial charge in [0.05, 0.1) is 7.85 Å². The van der Waals surface area contributed by atoms with Gasteiger partial charge in [0.25, 0.3) is 0 Å². The van der Waals surface area contributed by atoms with Gasteiger partial charge >= 0.3 is 5.97 Å². The number of anilines is 1. The van der Waals surface area contributed by atoms with Gasteiger partial charge in [0.1, 0.15) is 5.54 Å². The zero-order valence-electron chi connectivity index (χ0n) is 12.9. The Kier molecular flexibility index (Phi) is 5.71. The Bertz CT molecular complexity index is 581. The number of hydrogen-bond acceptors (Lipinski definition) is 3. The number of rotatable bonds is 7. The van der Waals surface area contributed by atoms with E-state index in [1.54, 1.807) is 29.2 Å². The van der Waals surface area contributed by atoms with Crippen LogP contribution in [-0.4, -0.2) is 36.9 Å². The maximum Gasteiger partial charge on any atom is 0.324 e. The number of carbonyl (C=O) groups excluding carboxylic acids is 1. The first kappa shape index (κ1) is 17.8. The van der Waals surface area contributed by atoms with E-state index >= 15 is 0 Å². The van der Waals surface area contributed by atoms with Crippen LogP contribution in [0.4, 0.5) is 5.69 Å². The van der Waals surface area contributed by atoms with E-state index in [2.05, 4.69) is 0 Å². The average Bonchev–Trinajstić information content (AvgIpc) is 2.90. The topological polar surface area (TPSA) is 83.6 Å². The van der Waals surface area contributed by atoms with Crippen LogP contribution in [0.5, 0.6) is 0 Å². The highest BCUT2D eigenvalue weighted by molar-refractivity contribution is 6.30. The minimum atomic E-state index is -1.41. The molecule has 2 rings (SSSR count). The molecule has 1 heterocycles. The van der Waals surface area contributed by atoms with E-state index in [-0.39, 0.29) is 12.3 Å². The van der Waals surface area contributed by atoms with Crippen molar-refractivity contribution in [1.29, 1.82) is 0 Å². The van der Waals surface area contributed by atoms with Crippen molar-refractivity contribution in [3.63, 3.8) is 0 Å². The average molecular weight is 335 g/mol. The molecule has 23 heavy (non-hydrogen) atoms. The van der Waals surface area contributed by atoms with Crippen molar-refractivity contribution in [3.05, 3.63) is 29.3 Å². The van der Waals surface area contributed by atoms with E-state index < -0.39 is 17.4 Å². The molecule has 3 N–H and O–H groups in total. The van der Waals surface area contributed by atoms with Gasteiger partial charge in [0, 0.05) is 29.6 Å². The second-order valence-corrected chi connectivity index (χ2v) is 6.41. The number of carboxylic acid groups (broad SMARTS) is 1. The minimum absolute atomic E-state index is 0.118. The molecule has 1 aliphatic rings. The number of carboxylic acids is 1. The normalized spacial score (nSPS) is 20.5. The maximum atomic E-state index is 12.3. The Morgan fingerprint density at radius 1 is 1.39 bits per heavy atom. The summed E-state index contributed by atoms with van der Waals surface area (Å²) in [5.74, 6) is -1.61. The quantitative estimate of drug-likeness (QED) is 0.591. The summed E-state index contributed by atoms with van der Waals surface area (Å²) in [6.45, 7) is 0.298. The van der Waals surface area contributed by atoms with Crippen LogP contribution in [0.1, 0.15) is 25.7 Å². The molecule has 0 aliphatic carbocycles. The molecule has 0 saturated carbocycles. The summed E-state index contributed by atoms with van der Waals surface area (Å²) in [5, 5.41) is 10.1. The minimum Gasteiger partial charge on any atom is -0.480 e. The molecule has 5 nitrogen and oxygen atoms in total. The predicted octanol–water partition coefficient (Wildman–Crippen LogP) is 2.23. The molecule has 122 valence electrons. The number of halogens is 1. The van der Waals surface area contributed by atoms with Gasteiger partial charge in [0.15, 0.2) is 0 Å². The summed E-state index contributed by atoms with van der Waals surface area (Å²) in [5.41, 5.74) is 5.47. The van der Waals surface area contributed by atoms with Crippen molar-refractivity contribution in [3.8, 4) is 0 Å². The largest absolute Gasteiger partial charge is 0.480 e. The number of unbranched alkanes of at least 4 members (excludes halogenated alkanes) is 1. The van der Waals surface area contributed by atoms with Gasteiger partial charge in [-0.2, -0.15) is 0 Å². The zero-order chi connectivity index (χ0) is 17.0. The number of amides is 1. The summed E-state index contributed by atoms with van der Waals surface area (Å²) >= 11 is 5.86. The SMILES string of the molecule is [B]CCCCC(N)(C(=O)O)C1CC(=O)N(c2ccc(Cl)cc2)C1. The number of carbonyl (C=O) groups is 2. The van der Waals surface area contributed by atoms with Gasteiger partial charge in [-0.1, -0.05) is 30.8 Å². The fraction of sp³-hybridized carbons (Fsp3) is 0.500. The number of nitrogens with two attached hydrogens (primary N) is 1. The first-order valence-electron chi connectivity index (χ1n) is 7.66. The lowest BCUT2D eigenvalue weighted by atomic mass is 9.79. The third kappa shape index (κ3) is 3.87. The van der Waals surface area contributed by atoms with Gasteiger partial charge in [-0.05, 0) is 30.7 Å². The van der Waals surface area contributed by atoms with E-state index in [1.165, 1.54) is 0 Å². The molecule has 2 atom stereocenters. The van der Waals surface area contributed by atoms with Crippen LogP contribution in [0.2, 0.25) is 11.3 Å². The Hall–Kier alpha value is -1.53. The molecule has 1 aromatic rings. The molecule has 1 aromatic carbocycles. The lowest BCUT2D eigenvalue weighted by Gasteiger charge is -2.31. The molecular formula is C16H20BClN2O3. The van der Waals surface area contributed by atoms with Crippen LogP contribution < -0.4 is 10.6 Å². The maximum absolute atomic E-state index is 12.3. The smallest absolute Gasteiger partial charge is 0.324 e. The number of nitrogens with zero attached hydrogens (tertiary/aromatic N) is 1. The van der Waals surface area contributed by atoms with Crippen LogP contribution in [0.15, 0.2) is 24.3 Å². The molecule has 7 heteroatoms. The fourth-order valence-electron chi connectivity index (χ4n) is 2.97. The monoisotopic (exact) mass is 334 g/mol. The van der Waals surface area contributed by atoms with Crippen molar-refractivity contribution in [2.75, 3.05) is 11.4 Å². The number of hydrogen-bond donors (Lipinski definition) is 2. The number of benzene rings is 1. The van der Waals surface area contributed by atoms with Crippen molar-refractivity contribution in [2.24, 2.45) is 11.7 Å². The van der Waals surface area contributed by atoms with Crippen molar-refractivity contribution in [2.45, 2.75) is 37.5 Å². The van der Waals surface area contributed by atoms with E-state index in [9.17, 15) is 14.7 Å². The lowest BCUT2D eigenvalue weighted by molar-refractivity contribution is -0.145. The summed E-state index contributed by atoms with van der Waals surface area (Å²) < 4.78 is 0. The molecule has 0 aromatic heterocycles. The zero-order valence-corrected chi connectivity index (χ0v) is 13.6. The Balaban J connectivity index is 2.15. The molecule has 1 aliphatic heterocycles. The van der Waals surface area contributed by atoms with Crippen molar-refractivity contribution < 1.29 is 14.7 Å². The molecule has 1 saturated heterocycles. The van der Waals surface area contributed by atoms with Crippen LogP contribution in [0.25, 0.3) is 0 Å². The number of aliphatic carboxylic acids is 1. The second-order valence-electron chi connectivity index (χ2n) is 5.97. The summed E-state index contributed by atoms with van der Waals surface area (Å²) in [4.78, 5) is 25.6. The van der Waals surface area contributed by atoms with Gasteiger partial charge in [-0.15, -0.1) is 0 Å². The Labute approximate surface area is 142 Å². The molecular weight excluding hydrogens is 314 g/mol. The van der Waals surface area contributed by atoms with Crippen molar-refractivity contribution in [1.82, 2.24) is 0 Å². The second kappa shape index (κ2) is 7.36. The summed E-state index contributed by atoms with van der Waals surface area (Å²) in [6.07, 6.45) is 2.29. The highest BCUT2D eigenvalue weighted by Gasteiger charge is 2.47. The van der Waals surface area contributed by atoms with Gasteiger partial charge in [-0.3, -0.25) is 9.59 Å². The summed E-state index contributed by atoms with van der Waals surface area (Å²) in [6, 6.07) is 6.89. The van der Waals surface area contributed by atoms with E-state index in [0.29, 0.717) is 42.8 Å². The van der Waals surface area contributed by atoms with Crippen molar-refractivity contribution >= 4 is 37.0 Å². The lowest BCUT2D eigenvalue weighted by Crippen LogP contribution is -2.55. The fourth-order valence-corrected chi connectivity index (χ4v) is 3.10. The van der Waals surface area contributed by atoms with Crippen LogP contribution in [0.3, 0.4) is 0 Å². The van der Waals surface area contributed by atoms with Crippen LogP contribution in [0, 0.1) is 5.92 Å². The van der Waals surface area contributed by atoms with E-state index in [0.717, 1.165) is 0 Å². The molecule has 2 unspecified atom stereocenters. The molecule has 2 radical (unpaired) electrons. The molecule has 1 fully saturated rings. The summed E-state index contributed by atoms with van der Waals surface area (Å²) in [7, 11) is 5.46. The third-order valence-electron chi connectivity index (χ3n) is 4.43. The molecule has 1 amide bonds. The van der Waals surface area contributed by atoms with E-state index in [4.69, 9.17) is 25.2 Å². The molecule has 0 bridgehead atoms. The highest BCUT2D eigenvalue weighted by atomic mass is 35.5. The molecule has 0 spiro atoms. The Morgan fingerprint density at radius 3 is 2.61 bits per heavy atom. The van der Waals surface area contributed by atoms with Crippen LogP contribution in [-0.2, 0) is 9.59 Å². The van der Waals surface area contributed by atoms with E-state index in [1.807, 2.05) is 0 Å². The highest BCUT2D eigenvalue weighted by Crippen LogP contribution is 2.34. The standard InChI is InChI=1S/C16H20BClN2O3/c17-8-2-1-7-16(19,15(22)23)11-9-14(21)20(10-11)13-5-3-12(18)4-6-13/h3-6,11H,1-2,7-10,19H2,(H,22,23). The predicted molar refractivity (Wildman–Crippen MR) is 90.9 cm³/mol. The van der Waals surface area contributed by atoms with Gasteiger partial charge in [0.2, 0.25) is 5.91 Å². The first-order chi connectivity index (χ1) is 10.9. The van der Waals surface area contributed by atoms with Crippen LogP contribution >= 0.6 is 11.6 Å². The third-order valence-corrected chi connectivity index (χ3v) is 4.69. The van der Waals surface area contributed by atoms with Gasteiger partial charge < -0.3 is 15.7 Å². The van der Waals surface area contributed by atoms with Gasteiger partial charge in [-0.25, -0.2) is 0 Å².